The highest BCUT2D eigenvalue weighted by Gasteiger charge is 2.18. The molecule has 0 spiro atoms. The van der Waals surface area contributed by atoms with Crippen molar-refractivity contribution in [2.45, 2.75) is 5.38 Å². The summed E-state index contributed by atoms with van der Waals surface area (Å²) in [4.78, 5) is 4.37. The molecule has 3 rings (SSSR count). The van der Waals surface area contributed by atoms with E-state index in [9.17, 15) is 0 Å². The maximum absolute atomic E-state index is 6.36. The van der Waals surface area contributed by atoms with E-state index in [2.05, 4.69) is 4.98 Å². The Morgan fingerprint density at radius 3 is 2.50 bits per heavy atom. The van der Waals surface area contributed by atoms with Crippen LogP contribution < -0.4 is 0 Å². The predicted molar refractivity (Wildman–Crippen MR) is 73.2 cm³/mol. The van der Waals surface area contributed by atoms with Crippen LogP contribution in [0.2, 0.25) is 5.02 Å². The molecule has 1 atom stereocenters. The maximum Gasteiger partial charge on any atom is 0.218 e. The third-order valence-corrected chi connectivity index (χ3v) is 3.43. The highest BCUT2D eigenvalue weighted by Crippen LogP contribution is 2.32. The lowest BCUT2D eigenvalue weighted by Gasteiger charge is -2.04. The average Bonchev–Trinajstić information content (AvgIpc) is 2.84. The van der Waals surface area contributed by atoms with Crippen LogP contribution in [0.3, 0.4) is 0 Å². The number of nitrogens with zero attached hydrogens (tertiary/aromatic N) is 1. The summed E-state index contributed by atoms with van der Waals surface area (Å²) in [6.45, 7) is 0. The summed E-state index contributed by atoms with van der Waals surface area (Å²) in [6, 6.07) is 15.1. The highest BCUT2D eigenvalue weighted by molar-refractivity contribution is 6.34. The van der Waals surface area contributed by atoms with Crippen molar-refractivity contribution in [1.82, 2.24) is 4.98 Å². The van der Waals surface area contributed by atoms with E-state index in [1.54, 1.807) is 6.07 Å². The summed E-state index contributed by atoms with van der Waals surface area (Å²) in [5, 5.41) is 0.137. The molecule has 3 aromatic rings. The highest BCUT2D eigenvalue weighted by atomic mass is 35.5. The third-order valence-electron chi connectivity index (χ3n) is 2.69. The molecule has 90 valence electrons. The van der Waals surface area contributed by atoms with Gasteiger partial charge >= 0.3 is 0 Å². The van der Waals surface area contributed by atoms with E-state index < -0.39 is 5.38 Å². The second-order valence-electron chi connectivity index (χ2n) is 3.91. The van der Waals surface area contributed by atoms with Gasteiger partial charge in [-0.15, -0.1) is 11.6 Å². The molecular formula is C14H9Cl2NO. The smallest absolute Gasteiger partial charge is 0.218 e. The van der Waals surface area contributed by atoms with Gasteiger partial charge in [0.1, 0.15) is 10.9 Å². The van der Waals surface area contributed by atoms with Gasteiger partial charge in [0, 0.05) is 0 Å². The van der Waals surface area contributed by atoms with Crippen LogP contribution in [0.15, 0.2) is 52.9 Å². The molecule has 0 aliphatic rings. The van der Waals surface area contributed by atoms with E-state index >= 15 is 0 Å². The summed E-state index contributed by atoms with van der Waals surface area (Å²) in [7, 11) is 0. The van der Waals surface area contributed by atoms with Crippen LogP contribution in [0.4, 0.5) is 0 Å². The minimum absolute atomic E-state index is 0.408. The Morgan fingerprint density at radius 1 is 1.00 bits per heavy atom. The van der Waals surface area contributed by atoms with Gasteiger partial charge in [-0.05, 0) is 17.7 Å². The summed E-state index contributed by atoms with van der Waals surface area (Å²) in [6.07, 6.45) is 0. The Hall–Kier alpha value is -1.51. The van der Waals surface area contributed by atoms with Gasteiger partial charge in [-0.3, -0.25) is 0 Å². The van der Waals surface area contributed by atoms with E-state index in [1.165, 1.54) is 0 Å². The Morgan fingerprint density at radius 2 is 1.78 bits per heavy atom. The molecule has 0 radical (unpaired) electrons. The molecule has 0 N–H and O–H groups in total. The maximum atomic E-state index is 6.36. The second-order valence-corrected chi connectivity index (χ2v) is 4.76. The van der Waals surface area contributed by atoms with Gasteiger partial charge < -0.3 is 4.42 Å². The Labute approximate surface area is 114 Å². The summed E-state index contributed by atoms with van der Waals surface area (Å²) in [5.74, 6) is 0.464. The first-order valence-corrected chi connectivity index (χ1v) is 6.31. The fourth-order valence-electron chi connectivity index (χ4n) is 1.81. The first-order chi connectivity index (χ1) is 8.75. The van der Waals surface area contributed by atoms with Crippen molar-refractivity contribution in [3.05, 3.63) is 65.0 Å². The van der Waals surface area contributed by atoms with Crippen LogP contribution in [0, 0.1) is 0 Å². The van der Waals surface area contributed by atoms with E-state index in [4.69, 9.17) is 27.6 Å². The van der Waals surface area contributed by atoms with Crippen LogP contribution in [-0.2, 0) is 0 Å². The van der Waals surface area contributed by atoms with Crippen molar-refractivity contribution in [2.24, 2.45) is 0 Å². The standard InChI is InChI=1S/C14H9Cl2NO/c15-10-7-4-8-11-13(10)18-14(17-11)12(16)9-5-2-1-3-6-9/h1-8,12H. The van der Waals surface area contributed by atoms with Crippen LogP contribution in [0.25, 0.3) is 11.1 Å². The van der Waals surface area contributed by atoms with Crippen molar-refractivity contribution >= 4 is 34.3 Å². The molecule has 2 aromatic carbocycles. The molecular weight excluding hydrogens is 269 g/mol. The molecule has 2 nitrogen and oxygen atoms in total. The van der Waals surface area contributed by atoms with Crippen LogP contribution in [0.1, 0.15) is 16.8 Å². The lowest BCUT2D eigenvalue weighted by atomic mass is 10.1. The number of alkyl halides is 1. The number of halogens is 2. The molecule has 0 bridgehead atoms. The Balaban J connectivity index is 2.07. The molecule has 0 saturated heterocycles. The number of fused-ring (bicyclic) bond motifs is 1. The van der Waals surface area contributed by atoms with Crippen molar-refractivity contribution in [2.75, 3.05) is 0 Å². The monoisotopic (exact) mass is 277 g/mol. The van der Waals surface area contributed by atoms with Gasteiger partial charge in [0.2, 0.25) is 5.89 Å². The zero-order valence-electron chi connectivity index (χ0n) is 9.31. The molecule has 4 heteroatoms. The van der Waals surface area contributed by atoms with Crippen molar-refractivity contribution in [3.63, 3.8) is 0 Å². The number of oxazole rings is 1. The molecule has 1 heterocycles. The lowest BCUT2D eigenvalue weighted by Crippen LogP contribution is -1.92. The molecule has 1 unspecified atom stereocenters. The van der Waals surface area contributed by atoms with E-state index in [1.807, 2.05) is 42.5 Å². The van der Waals surface area contributed by atoms with Gasteiger partial charge in [-0.1, -0.05) is 48.0 Å². The van der Waals surface area contributed by atoms with Crippen LogP contribution in [-0.4, -0.2) is 4.98 Å². The second kappa shape index (κ2) is 4.63. The normalized spacial score (nSPS) is 12.8. The van der Waals surface area contributed by atoms with Crippen LogP contribution >= 0.6 is 23.2 Å². The topological polar surface area (TPSA) is 26.0 Å². The van der Waals surface area contributed by atoms with Gasteiger partial charge in [0.25, 0.3) is 0 Å². The summed E-state index contributed by atoms with van der Waals surface area (Å²) < 4.78 is 5.64. The SMILES string of the molecule is Clc1cccc2nc(C(Cl)c3ccccc3)oc12. The summed E-state index contributed by atoms with van der Waals surface area (Å²) >= 11 is 12.4. The largest absolute Gasteiger partial charge is 0.437 e. The number of aromatic nitrogens is 1. The Kier molecular flexibility index (Phi) is 2.98. The fraction of sp³-hybridized carbons (Fsp3) is 0.0714. The van der Waals surface area contributed by atoms with Crippen molar-refractivity contribution in [1.29, 1.82) is 0 Å². The fourth-order valence-corrected chi connectivity index (χ4v) is 2.25. The molecule has 0 aliphatic carbocycles. The zero-order valence-corrected chi connectivity index (χ0v) is 10.8. The average molecular weight is 278 g/mol. The minimum Gasteiger partial charge on any atom is -0.437 e. The van der Waals surface area contributed by atoms with Crippen LogP contribution in [0.5, 0.6) is 0 Å². The predicted octanol–water partition coefficient (Wildman–Crippen LogP) is 4.81. The van der Waals surface area contributed by atoms with Crippen molar-refractivity contribution < 1.29 is 4.42 Å². The van der Waals surface area contributed by atoms with Gasteiger partial charge in [-0.2, -0.15) is 0 Å². The van der Waals surface area contributed by atoms with Gasteiger partial charge in [0.05, 0.1) is 5.02 Å². The number of rotatable bonds is 2. The number of hydrogen-bond donors (Lipinski definition) is 0. The van der Waals surface area contributed by atoms with Crippen molar-refractivity contribution in [3.8, 4) is 0 Å². The Bertz CT molecular complexity index is 679. The molecule has 1 aromatic heterocycles. The molecule has 18 heavy (non-hydrogen) atoms. The zero-order chi connectivity index (χ0) is 12.5. The van der Waals surface area contributed by atoms with Gasteiger partial charge in [-0.25, -0.2) is 4.98 Å². The quantitative estimate of drug-likeness (QED) is 0.629. The van der Waals surface area contributed by atoms with Gasteiger partial charge in [0.15, 0.2) is 5.58 Å². The first kappa shape index (κ1) is 11.6. The number of hydrogen-bond acceptors (Lipinski definition) is 2. The lowest BCUT2D eigenvalue weighted by molar-refractivity contribution is 0.538. The molecule has 0 amide bonds. The van der Waals surface area contributed by atoms with E-state index in [-0.39, 0.29) is 0 Å². The van der Waals surface area contributed by atoms with E-state index in [0.717, 1.165) is 11.1 Å². The molecule has 0 fully saturated rings. The number of para-hydroxylation sites is 1. The van der Waals surface area contributed by atoms with E-state index in [0.29, 0.717) is 16.5 Å². The molecule has 0 aliphatic heterocycles. The summed E-state index contributed by atoms with van der Waals surface area (Å²) in [5.41, 5.74) is 2.25. The molecule has 0 saturated carbocycles. The number of benzene rings is 2. The minimum atomic E-state index is -0.408. The first-order valence-electron chi connectivity index (χ1n) is 5.49. The third kappa shape index (κ3) is 1.98.